The van der Waals surface area contributed by atoms with E-state index < -0.39 is 0 Å². The van der Waals surface area contributed by atoms with E-state index in [0.717, 1.165) is 28.8 Å². The molecule has 0 fully saturated rings. The minimum Gasteiger partial charge on any atom is -0.361 e. The summed E-state index contributed by atoms with van der Waals surface area (Å²) in [6.07, 6.45) is 2.44. The number of rotatable bonds is 4. The highest BCUT2D eigenvalue weighted by molar-refractivity contribution is 6.11. The van der Waals surface area contributed by atoms with Crippen molar-refractivity contribution < 1.29 is 4.79 Å². The second-order valence-electron chi connectivity index (χ2n) is 6.55. The lowest BCUT2D eigenvalue weighted by atomic mass is 10.1. The fourth-order valence-corrected chi connectivity index (χ4v) is 3.39. The molecule has 2 heterocycles. The van der Waals surface area contributed by atoms with Gasteiger partial charge in [-0.25, -0.2) is 4.98 Å². The minimum atomic E-state index is -0.278. The Hall–Kier alpha value is -3.14. The van der Waals surface area contributed by atoms with Gasteiger partial charge in [0, 0.05) is 23.0 Å². The van der Waals surface area contributed by atoms with Crippen LogP contribution in [-0.2, 0) is 6.42 Å². The Morgan fingerprint density at radius 2 is 1.92 bits per heavy atom. The Morgan fingerprint density at radius 3 is 2.73 bits per heavy atom. The van der Waals surface area contributed by atoms with Gasteiger partial charge in [0.1, 0.15) is 12.0 Å². The van der Waals surface area contributed by atoms with E-state index in [0.29, 0.717) is 5.82 Å². The number of aryl methyl sites for hydroxylation is 2. The van der Waals surface area contributed by atoms with Gasteiger partial charge in [0.25, 0.3) is 5.91 Å². The van der Waals surface area contributed by atoms with Crippen molar-refractivity contribution in [3.05, 3.63) is 89.1 Å². The molecule has 2 aromatic carbocycles. The predicted octanol–water partition coefficient (Wildman–Crippen LogP) is 4.72. The third kappa shape index (κ3) is 2.84. The van der Waals surface area contributed by atoms with E-state index in [1.807, 2.05) is 55.5 Å². The minimum absolute atomic E-state index is 0.0251. The third-order valence-electron chi connectivity index (χ3n) is 4.75. The van der Waals surface area contributed by atoms with Gasteiger partial charge >= 0.3 is 0 Å². The maximum atomic E-state index is 13.1. The Balaban J connectivity index is 1.78. The average Bonchev–Trinajstić information content (AvgIpc) is 2.94. The Labute approximate surface area is 153 Å². The second kappa shape index (κ2) is 6.64. The number of hydrogen-bond donors (Lipinski definition) is 1. The standard InChI is InChI=1S/C22H21N3O/c1-3-16-7-6-8-17(14-16)24-21-18-9-4-5-10-19(18)22(26)25(21)20-13-15(2)11-12-23-20/h4-14,21,24H,3H2,1-2H3/t21-/m1/s1. The van der Waals surface area contributed by atoms with E-state index in [-0.39, 0.29) is 12.1 Å². The predicted molar refractivity (Wildman–Crippen MR) is 104 cm³/mol. The molecule has 4 nitrogen and oxygen atoms in total. The molecular weight excluding hydrogens is 322 g/mol. The van der Waals surface area contributed by atoms with E-state index in [1.165, 1.54) is 5.56 Å². The lowest BCUT2D eigenvalue weighted by Crippen LogP contribution is -2.33. The van der Waals surface area contributed by atoms with Crippen LogP contribution in [0, 0.1) is 6.92 Å². The number of amides is 1. The molecule has 1 atom stereocenters. The summed E-state index contributed by atoms with van der Waals surface area (Å²) >= 11 is 0. The summed E-state index contributed by atoms with van der Waals surface area (Å²) in [7, 11) is 0. The molecule has 0 saturated heterocycles. The number of fused-ring (bicyclic) bond motifs is 1. The topological polar surface area (TPSA) is 45.2 Å². The third-order valence-corrected chi connectivity index (χ3v) is 4.75. The monoisotopic (exact) mass is 343 g/mol. The van der Waals surface area contributed by atoms with Crippen LogP contribution in [0.4, 0.5) is 11.5 Å². The van der Waals surface area contributed by atoms with Gasteiger partial charge in [-0.3, -0.25) is 9.69 Å². The van der Waals surface area contributed by atoms with Crippen LogP contribution in [0.5, 0.6) is 0 Å². The molecule has 1 aromatic heterocycles. The molecule has 130 valence electrons. The summed E-state index contributed by atoms with van der Waals surface area (Å²) in [5.74, 6) is 0.637. The van der Waals surface area contributed by atoms with E-state index in [9.17, 15) is 4.79 Å². The first kappa shape index (κ1) is 16.3. The molecule has 26 heavy (non-hydrogen) atoms. The molecule has 1 aliphatic heterocycles. The molecule has 3 aromatic rings. The fourth-order valence-electron chi connectivity index (χ4n) is 3.39. The second-order valence-corrected chi connectivity index (χ2v) is 6.55. The van der Waals surface area contributed by atoms with Gasteiger partial charge in [0.05, 0.1) is 0 Å². The number of nitrogens with zero attached hydrogens (tertiary/aromatic N) is 2. The van der Waals surface area contributed by atoms with Gasteiger partial charge in [-0.05, 0) is 54.8 Å². The Kier molecular flexibility index (Phi) is 4.17. The highest BCUT2D eigenvalue weighted by Gasteiger charge is 2.38. The first-order valence-electron chi connectivity index (χ1n) is 8.88. The number of anilines is 2. The zero-order chi connectivity index (χ0) is 18.1. The number of hydrogen-bond acceptors (Lipinski definition) is 3. The van der Waals surface area contributed by atoms with Crippen LogP contribution >= 0.6 is 0 Å². The maximum Gasteiger partial charge on any atom is 0.261 e. The molecule has 0 bridgehead atoms. The Bertz CT molecular complexity index is 967. The van der Waals surface area contributed by atoms with Crippen LogP contribution < -0.4 is 10.2 Å². The SMILES string of the molecule is CCc1cccc(N[C@H]2c3ccccc3C(=O)N2c2cc(C)ccn2)c1. The first-order valence-corrected chi connectivity index (χ1v) is 8.88. The van der Waals surface area contributed by atoms with Crippen molar-refractivity contribution in [3.8, 4) is 0 Å². The normalized spacial score (nSPS) is 15.8. The van der Waals surface area contributed by atoms with Crippen molar-refractivity contribution in [1.29, 1.82) is 0 Å². The quantitative estimate of drug-likeness (QED) is 0.745. The summed E-state index contributed by atoms with van der Waals surface area (Å²) in [4.78, 5) is 19.3. The molecule has 1 amide bonds. The van der Waals surface area contributed by atoms with E-state index in [4.69, 9.17) is 0 Å². The number of nitrogens with one attached hydrogen (secondary N) is 1. The lowest BCUT2D eigenvalue weighted by molar-refractivity contribution is 0.0992. The van der Waals surface area contributed by atoms with Crippen molar-refractivity contribution in [2.45, 2.75) is 26.4 Å². The molecule has 4 rings (SSSR count). The van der Waals surface area contributed by atoms with Gasteiger partial charge in [0.15, 0.2) is 0 Å². The van der Waals surface area contributed by atoms with Crippen molar-refractivity contribution in [3.63, 3.8) is 0 Å². The number of aromatic nitrogens is 1. The van der Waals surface area contributed by atoms with Gasteiger partial charge in [0.2, 0.25) is 0 Å². The van der Waals surface area contributed by atoms with Crippen LogP contribution in [0.2, 0.25) is 0 Å². The van der Waals surface area contributed by atoms with Gasteiger partial charge < -0.3 is 5.32 Å². The van der Waals surface area contributed by atoms with Crippen molar-refractivity contribution in [2.75, 3.05) is 10.2 Å². The molecule has 0 saturated carbocycles. The van der Waals surface area contributed by atoms with Crippen molar-refractivity contribution in [1.82, 2.24) is 4.98 Å². The van der Waals surface area contributed by atoms with Gasteiger partial charge in [-0.2, -0.15) is 0 Å². The maximum absolute atomic E-state index is 13.1. The largest absolute Gasteiger partial charge is 0.361 e. The zero-order valence-corrected chi connectivity index (χ0v) is 14.9. The van der Waals surface area contributed by atoms with Crippen LogP contribution in [-0.4, -0.2) is 10.9 Å². The number of carbonyl (C=O) groups excluding carboxylic acids is 1. The van der Waals surface area contributed by atoms with Crippen molar-refractivity contribution >= 4 is 17.4 Å². The van der Waals surface area contributed by atoms with Gasteiger partial charge in [-0.1, -0.05) is 37.3 Å². The molecule has 0 unspecified atom stereocenters. The number of carbonyl (C=O) groups is 1. The summed E-state index contributed by atoms with van der Waals surface area (Å²) in [6.45, 7) is 4.14. The van der Waals surface area contributed by atoms with E-state index in [1.54, 1.807) is 11.1 Å². The molecule has 1 aliphatic rings. The molecule has 0 spiro atoms. The van der Waals surface area contributed by atoms with E-state index >= 15 is 0 Å². The lowest BCUT2D eigenvalue weighted by Gasteiger charge is -2.26. The van der Waals surface area contributed by atoms with Crippen LogP contribution in [0.1, 0.15) is 40.1 Å². The van der Waals surface area contributed by atoms with Gasteiger partial charge in [-0.15, -0.1) is 0 Å². The van der Waals surface area contributed by atoms with Crippen molar-refractivity contribution in [2.24, 2.45) is 0 Å². The molecular formula is C22H21N3O. The summed E-state index contributed by atoms with van der Waals surface area (Å²) in [5.41, 5.74) is 5.03. The smallest absolute Gasteiger partial charge is 0.261 e. The molecule has 4 heteroatoms. The number of benzene rings is 2. The molecule has 1 N–H and O–H groups in total. The summed E-state index contributed by atoms with van der Waals surface area (Å²) < 4.78 is 0. The summed E-state index contributed by atoms with van der Waals surface area (Å²) in [5, 5.41) is 3.54. The van der Waals surface area contributed by atoms with Crippen LogP contribution in [0.15, 0.2) is 66.9 Å². The van der Waals surface area contributed by atoms with E-state index in [2.05, 4.69) is 29.4 Å². The highest BCUT2D eigenvalue weighted by Crippen LogP contribution is 2.37. The Morgan fingerprint density at radius 1 is 1.08 bits per heavy atom. The highest BCUT2D eigenvalue weighted by atomic mass is 16.2. The average molecular weight is 343 g/mol. The zero-order valence-electron chi connectivity index (χ0n) is 14.9. The molecule has 0 radical (unpaired) electrons. The number of pyridine rings is 1. The molecule has 0 aliphatic carbocycles. The summed E-state index contributed by atoms with van der Waals surface area (Å²) in [6, 6.07) is 20.0. The van der Waals surface area contributed by atoms with Crippen LogP contribution in [0.3, 0.4) is 0 Å². The first-order chi connectivity index (χ1) is 12.7. The van der Waals surface area contributed by atoms with Crippen LogP contribution in [0.25, 0.3) is 0 Å². The fraction of sp³-hybridized carbons (Fsp3) is 0.182.